The monoisotopic (exact) mass is 271 g/mol. The van der Waals surface area contributed by atoms with Crippen molar-refractivity contribution in [1.82, 2.24) is 4.98 Å². The highest BCUT2D eigenvalue weighted by Crippen LogP contribution is 2.36. The zero-order valence-electron chi connectivity index (χ0n) is 9.26. The van der Waals surface area contributed by atoms with Gasteiger partial charge in [0.15, 0.2) is 6.61 Å². The van der Waals surface area contributed by atoms with Gasteiger partial charge in [0.1, 0.15) is 5.75 Å². The molecule has 0 bridgehead atoms. The summed E-state index contributed by atoms with van der Waals surface area (Å²) in [6.45, 7) is -0.870. The van der Waals surface area contributed by atoms with Crippen LogP contribution in [0.2, 0.25) is 0 Å². The molecule has 0 saturated carbocycles. The third kappa shape index (κ3) is 3.06. The summed E-state index contributed by atoms with van der Waals surface area (Å²) in [5.74, 6) is -5.10. The van der Waals surface area contributed by atoms with Crippen molar-refractivity contribution in [2.24, 2.45) is 0 Å². The average molecular weight is 271 g/mol. The number of alkyl halides is 5. The van der Waals surface area contributed by atoms with E-state index in [1.165, 1.54) is 6.92 Å². The second-order valence-electron chi connectivity index (χ2n) is 3.53. The van der Waals surface area contributed by atoms with Crippen LogP contribution in [0.15, 0.2) is 12.3 Å². The van der Waals surface area contributed by atoms with Crippen LogP contribution in [0.4, 0.5) is 22.0 Å². The van der Waals surface area contributed by atoms with Gasteiger partial charge in [-0.1, -0.05) is 0 Å². The predicted molar refractivity (Wildman–Crippen MR) is 51.4 cm³/mol. The first-order valence-electron chi connectivity index (χ1n) is 4.81. The summed E-state index contributed by atoms with van der Waals surface area (Å²) in [4.78, 5) is 3.71. The number of halogens is 5. The Hall–Kier alpha value is -1.44. The molecular weight excluding hydrogens is 261 g/mol. The molecule has 1 aromatic heterocycles. The Morgan fingerprint density at radius 1 is 1.28 bits per heavy atom. The van der Waals surface area contributed by atoms with Crippen LogP contribution < -0.4 is 4.74 Å². The average Bonchev–Trinajstić information content (AvgIpc) is 2.26. The van der Waals surface area contributed by atoms with Gasteiger partial charge >= 0.3 is 12.1 Å². The second-order valence-corrected chi connectivity index (χ2v) is 3.53. The first kappa shape index (κ1) is 14.6. The second kappa shape index (κ2) is 5.05. The highest BCUT2D eigenvalue weighted by molar-refractivity contribution is 5.34. The fourth-order valence-electron chi connectivity index (χ4n) is 1.12. The summed E-state index contributed by atoms with van der Waals surface area (Å²) in [5.41, 5.74) is 0.376. The van der Waals surface area contributed by atoms with E-state index in [0.717, 1.165) is 12.3 Å². The van der Waals surface area contributed by atoms with Crippen LogP contribution in [-0.4, -0.2) is 28.8 Å². The van der Waals surface area contributed by atoms with Crippen LogP contribution in [-0.2, 0) is 6.61 Å². The third-order valence-electron chi connectivity index (χ3n) is 2.23. The van der Waals surface area contributed by atoms with Gasteiger partial charge in [-0.25, -0.2) is 0 Å². The summed E-state index contributed by atoms with van der Waals surface area (Å²) in [5, 5.41) is 8.85. The van der Waals surface area contributed by atoms with Gasteiger partial charge in [0.25, 0.3) is 0 Å². The van der Waals surface area contributed by atoms with Gasteiger partial charge in [0.2, 0.25) is 0 Å². The van der Waals surface area contributed by atoms with Crippen LogP contribution in [0.3, 0.4) is 0 Å². The quantitative estimate of drug-likeness (QED) is 0.855. The lowest BCUT2D eigenvalue weighted by Gasteiger charge is -2.20. The standard InChI is InChI=1S/C10H10F5NO2/c1-6-7(4-17)16-3-2-8(6)18-5-9(11,12)10(13,14)15/h2-3,17H,4-5H2,1H3. The first-order chi connectivity index (χ1) is 8.19. The molecule has 1 aromatic rings. The maximum atomic E-state index is 12.6. The van der Waals surface area contributed by atoms with Crippen molar-refractivity contribution in [3.05, 3.63) is 23.5 Å². The summed E-state index contributed by atoms with van der Waals surface area (Å²) in [7, 11) is 0. The molecule has 102 valence electrons. The smallest absolute Gasteiger partial charge is 0.456 e. The Morgan fingerprint density at radius 2 is 1.89 bits per heavy atom. The number of ether oxygens (including phenoxy) is 1. The SMILES string of the molecule is Cc1c(OCC(F)(F)C(F)(F)F)ccnc1CO. The number of hydrogen-bond acceptors (Lipinski definition) is 3. The minimum atomic E-state index is -5.66. The molecule has 0 aromatic carbocycles. The molecule has 1 heterocycles. The largest absolute Gasteiger partial charge is 0.487 e. The molecule has 0 aliphatic carbocycles. The molecule has 0 aliphatic heterocycles. The van der Waals surface area contributed by atoms with Gasteiger partial charge in [0, 0.05) is 11.8 Å². The van der Waals surface area contributed by atoms with Crippen molar-refractivity contribution in [2.45, 2.75) is 25.6 Å². The lowest BCUT2D eigenvalue weighted by Crippen LogP contribution is -2.41. The van der Waals surface area contributed by atoms with Gasteiger partial charge in [0.05, 0.1) is 12.3 Å². The summed E-state index contributed by atoms with van der Waals surface area (Å²) < 4.78 is 65.4. The Labute approximate surface area is 99.2 Å². The Bertz CT molecular complexity index is 419. The van der Waals surface area contributed by atoms with Crippen molar-refractivity contribution in [3.8, 4) is 5.75 Å². The molecule has 0 spiro atoms. The molecule has 1 rings (SSSR count). The minimum Gasteiger partial charge on any atom is -0.487 e. The summed E-state index contributed by atoms with van der Waals surface area (Å²) in [6.07, 6.45) is -4.51. The van der Waals surface area contributed by atoms with Crippen LogP contribution >= 0.6 is 0 Å². The van der Waals surface area contributed by atoms with E-state index in [0.29, 0.717) is 0 Å². The molecule has 3 nitrogen and oxygen atoms in total. The number of rotatable bonds is 4. The molecule has 0 radical (unpaired) electrons. The number of aromatic nitrogens is 1. The maximum Gasteiger partial charge on any atom is 0.456 e. The molecular formula is C10H10F5NO2. The van der Waals surface area contributed by atoms with Gasteiger partial charge < -0.3 is 9.84 Å². The van der Waals surface area contributed by atoms with Gasteiger partial charge in [-0.3, -0.25) is 4.98 Å². The Kier molecular flexibility index (Phi) is 4.10. The number of pyridine rings is 1. The fourth-order valence-corrected chi connectivity index (χ4v) is 1.12. The summed E-state index contributed by atoms with van der Waals surface area (Å²) >= 11 is 0. The van der Waals surface area contributed by atoms with E-state index < -0.39 is 25.3 Å². The molecule has 0 fully saturated rings. The van der Waals surface area contributed by atoms with Crippen molar-refractivity contribution in [3.63, 3.8) is 0 Å². The van der Waals surface area contributed by atoms with E-state index in [1.54, 1.807) is 0 Å². The first-order valence-corrected chi connectivity index (χ1v) is 4.81. The lowest BCUT2D eigenvalue weighted by molar-refractivity contribution is -0.290. The van der Waals surface area contributed by atoms with Gasteiger partial charge in [-0.2, -0.15) is 22.0 Å². The fraction of sp³-hybridized carbons (Fsp3) is 0.500. The van der Waals surface area contributed by atoms with Crippen molar-refractivity contribution in [2.75, 3.05) is 6.61 Å². The number of aliphatic hydroxyl groups excluding tert-OH is 1. The normalized spacial score (nSPS) is 12.6. The van der Waals surface area contributed by atoms with Crippen LogP contribution in [0.1, 0.15) is 11.3 Å². The molecule has 18 heavy (non-hydrogen) atoms. The Balaban J connectivity index is 2.82. The molecule has 8 heteroatoms. The van der Waals surface area contributed by atoms with Gasteiger partial charge in [-0.05, 0) is 13.0 Å². The number of nitrogens with zero attached hydrogens (tertiary/aromatic N) is 1. The van der Waals surface area contributed by atoms with E-state index in [1.807, 2.05) is 0 Å². The highest BCUT2D eigenvalue weighted by atomic mass is 19.4. The van der Waals surface area contributed by atoms with E-state index in [-0.39, 0.29) is 17.0 Å². The van der Waals surface area contributed by atoms with Crippen molar-refractivity contribution in [1.29, 1.82) is 0 Å². The third-order valence-corrected chi connectivity index (χ3v) is 2.23. The Morgan fingerprint density at radius 3 is 2.39 bits per heavy atom. The molecule has 0 aliphatic rings. The van der Waals surface area contributed by atoms with E-state index in [4.69, 9.17) is 5.11 Å². The van der Waals surface area contributed by atoms with Gasteiger partial charge in [-0.15, -0.1) is 0 Å². The van der Waals surface area contributed by atoms with Crippen LogP contribution in [0.25, 0.3) is 0 Å². The predicted octanol–water partition coefficient (Wildman–Crippen LogP) is 2.46. The minimum absolute atomic E-state index is 0.155. The van der Waals surface area contributed by atoms with Crippen LogP contribution in [0, 0.1) is 6.92 Å². The van der Waals surface area contributed by atoms with Crippen LogP contribution in [0.5, 0.6) is 5.75 Å². The van der Waals surface area contributed by atoms with Crippen molar-refractivity contribution < 1.29 is 31.8 Å². The molecule has 0 atom stereocenters. The maximum absolute atomic E-state index is 12.6. The topological polar surface area (TPSA) is 42.4 Å². The zero-order valence-corrected chi connectivity index (χ0v) is 9.26. The molecule has 0 saturated heterocycles. The highest BCUT2D eigenvalue weighted by Gasteiger charge is 2.58. The van der Waals surface area contributed by atoms with Crippen molar-refractivity contribution >= 4 is 0 Å². The summed E-state index contributed by atoms with van der Waals surface area (Å²) in [6, 6.07) is 1.15. The van der Waals surface area contributed by atoms with E-state index in [9.17, 15) is 22.0 Å². The van der Waals surface area contributed by atoms with E-state index >= 15 is 0 Å². The number of aliphatic hydroxyl groups is 1. The molecule has 1 N–H and O–H groups in total. The van der Waals surface area contributed by atoms with E-state index in [2.05, 4.69) is 9.72 Å². The number of hydrogen-bond donors (Lipinski definition) is 1. The molecule has 0 amide bonds. The molecule has 0 unspecified atom stereocenters. The zero-order chi connectivity index (χ0) is 14.0. The lowest BCUT2D eigenvalue weighted by atomic mass is 10.2.